The number of carbonyl (C=O) groups is 1. The number of non-ortho nitro benzene ring substituents is 1. The van der Waals surface area contributed by atoms with Crippen molar-refractivity contribution in [3.63, 3.8) is 0 Å². The van der Waals surface area contributed by atoms with E-state index in [2.05, 4.69) is 0 Å². The van der Waals surface area contributed by atoms with Crippen molar-refractivity contribution in [2.45, 2.75) is 17.6 Å². The number of hydrogen-bond donors (Lipinski definition) is 1. The number of nitro groups is 1. The molecular formula is C14H9NO6S. The molecule has 1 aliphatic rings. The maximum absolute atomic E-state index is 12.3. The molecule has 0 fully saturated rings. The summed E-state index contributed by atoms with van der Waals surface area (Å²) >= 11 is 1.29. The topological polar surface area (TPSA) is 111 Å². The predicted octanol–water partition coefficient (Wildman–Crippen LogP) is 2.83. The van der Waals surface area contributed by atoms with Gasteiger partial charge in [0.25, 0.3) is 5.69 Å². The largest absolute Gasteiger partial charge is 0.475 e. The van der Waals surface area contributed by atoms with Crippen molar-refractivity contribution >= 4 is 23.4 Å². The Balaban J connectivity index is 2.28. The molecule has 0 amide bonds. The molecule has 1 aliphatic heterocycles. The van der Waals surface area contributed by atoms with Gasteiger partial charge in [-0.3, -0.25) is 14.9 Å². The lowest BCUT2D eigenvalue weighted by Crippen LogP contribution is -2.19. The summed E-state index contributed by atoms with van der Waals surface area (Å²) in [4.78, 5) is 34.4. The maximum atomic E-state index is 12.3. The van der Waals surface area contributed by atoms with Crippen molar-refractivity contribution in [2.75, 3.05) is 0 Å². The van der Waals surface area contributed by atoms with Crippen molar-refractivity contribution in [1.82, 2.24) is 0 Å². The number of carboxylic acids is 1. The first-order chi connectivity index (χ1) is 10.4. The summed E-state index contributed by atoms with van der Waals surface area (Å²) in [5, 5.41) is 19.9. The monoisotopic (exact) mass is 319 g/mol. The number of hydrogen-bond acceptors (Lipinski definition) is 6. The first kappa shape index (κ1) is 14.3. The second-order valence-electron chi connectivity index (χ2n) is 4.72. The third kappa shape index (κ3) is 2.08. The van der Waals surface area contributed by atoms with Gasteiger partial charge in [-0.1, -0.05) is 0 Å². The molecule has 1 N–H and O–H groups in total. The van der Waals surface area contributed by atoms with Gasteiger partial charge in [0, 0.05) is 33.9 Å². The van der Waals surface area contributed by atoms with Crippen LogP contribution in [0.5, 0.6) is 0 Å². The van der Waals surface area contributed by atoms with Crippen LogP contribution in [0.2, 0.25) is 0 Å². The zero-order valence-electron chi connectivity index (χ0n) is 11.3. The summed E-state index contributed by atoms with van der Waals surface area (Å²) in [5.41, 5.74) is 0.500. The van der Waals surface area contributed by atoms with Crippen LogP contribution in [-0.2, 0) is 5.75 Å². The lowest BCUT2D eigenvalue weighted by atomic mass is 10.0. The molecule has 0 spiro atoms. The Hall–Kier alpha value is -2.61. The minimum Gasteiger partial charge on any atom is -0.475 e. The summed E-state index contributed by atoms with van der Waals surface area (Å²) in [6.45, 7) is 1.41. The Morgan fingerprint density at radius 3 is 2.82 bits per heavy atom. The zero-order valence-corrected chi connectivity index (χ0v) is 12.1. The van der Waals surface area contributed by atoms with Gasteiger partial charge in [-0.25, -0.2) is 4.79 Å². The Morgan fingerprint density at radius 2 is 2.18 bits per heavy atom. The molecule has 2 heterocycles. The predicted molar refractivity (Wildman–Crippen MR) is 78.3 cm³/mol. The standard InChI is InChI=1S/C14H9NO6S/c1-6-11(16)9-5-22-10-4-7(15(19)20)2-3-8(10)13(9)21-12(6)14(17)18/h2-4H,5H2,1H3,(H,17,18). The molecule has 0 bridgehead atoms. The molecule has 0 radical (unpaired) electrons. The van der Waals surface area contributed by atoms with Crippen LogP contribution in [0.15, 0.2) is 32.3 Å². The highest BCUT2D eigenvalue weighted by Crippen LogP contribution is 2.42. The summed E-state index contributed by atoms with van der Waals surface area (Å²) in [7, 11) is 0. The van der Waals surface area contributed by atoms with Gasteiger partial charge in [0.15, 0.2) is 5.43 Å². The third-order valence-corrected chi connectivity index (χ3v) is 4.50. The van der Waals surface area contributed by atoms with Gasteiger partial charge < -0.3 is 9.52 Å². The first-order valence-corrected chi connectivity index (χ1v) is 7.20. The number of aromatic carboxylic acids is 1. The van der Waals surface area contributed by atoms with Crippen molar-refractivity contribution in [3.05, 3.63) is 55.4 Å². The summed E-state index contributed by atoms with van der Waals surface area (Å²) in [6, 6.07) is 4.17. The van der Waals surface area contributed by atoms with Crippen molar-refractivity contribution < 1.29 is 19.2 Å². The number of fused-ring (bicyclic) bond motifs is 3. The van der Waals surface area contributed by atoms with E-state index in [-0.39, 0.29) is 28.2 Å². The molecule has 7 nitrogen and oxygen atoms in total. The molecule has 0 atom stereocenters. The Kier molecular flexibility index (Phi) is 3.25. The molecule has 0 saturated carbocycles. The maximum Gasteiger partial charge on any atom is 0.372 e. The van der Waals surface area contributed by atoms with Crippen LogP contribution in [0.25, 0.3) is 11.3 Å². The van der Waals surface area contributed by atoms with E-state index in [1.807, 2.05) is 0 Å². The molecule has 0 saturated heterocycles. The van der Waals surface area contributed by atoms with E-state index in [0.717, 1.165) is 0 Å². The van der Waals surface area contributed by atoms with Crippen molar-refractivity contribution in [1.29, 1.82) is 0 Å². The van der Waals surface area contributed by atoms with Crippen LogP contribution in [0, 0.1) is 17.0 Å². The number of thioether (sulfide) groups is 1. The fourth-order valence-electron chi connectivity index (χ4n) is 2.31. The molecule has 1 aromatic carbocycles. The Bertz CT molecular complexity index is 886. The molecule has 0 unspecified atom stereocenters. The van der Waals surface area contributed by atoms with Gasteiger partial charge in [-0.2, -0.15) is 0 Å². The van der Waals surface area contributed by atoms with Gasteiger partial charge in [-0.15, -0.1) is 11.8 Å². The molecule has 3 rings (SSSR count). The minimum atomic E-state index is -1.32. The zero-order chi connectivity index (χ0) is 16.0. The lowest BCUT2D eigenvalue weighted by molar-refractivity contribution is -0.385. The van der Waals surface area contributed by atoms with Gasteiger partial charge in [0.05, 0.1) is 10.5 Å². The second-order valence-corrected chi connectivity index (χ2v) is 5.74. The molecular weight excluding hydrogens is 310 g/mol. The van der Waals surface area contributed by atoms with Gasteiger partial charge in [-0.05, 0) is 13.0 Å². The van der Waals surface area contributed by atoms with E-state index in [1.165, 1.54) is 36.9 Å². The fraction of sp³-hybridized carbons (Fsp3) is 0.143. The van der Waals surface area contributed by atoms with Crippen molar-refractivity contribution in [2.24, 2.45) is 0 Å². The Morgan fingerprint density at radius 1 is 1.45 bits per heavy atom. The van der Waals surface area contributed by atoms with E-state index in [9.17, 15) is 19.7 Å². The summed E-state index contributed by atoms with van der Waals surface area (Å²) < 4.78 is 5.42. The number of nitro benzene ring substituents is 1. The SMILES string of the molecule is Cc1c(C(=O)O)oc2c(c1=O)CSc1cc([N+](=O)[O-])ccc1-2. The normalized spacial score (nSPS) is 12.4. The third-order valence-electron chi connectivity index (χ3n) is 3.42. The van der Waals surface area contributed by atoms with Gasteiger partial charge >= 0.3 is 5.97 Å². The lowest BCUT2D eigenvalue weighted by Gasteiger charge is -2.18. The number of carboxylic acid groups (broad SMARTS) is 1. The highest BCUT2D eigenvalue weighted by molar-refractivity contribution is 7.98. The van der Waals surface area contributed by atoms with E-state index < -0.39 is 16.7 Å². The highest BCUT2D eigenvalue weighted by Gasteiger charge is 2.27. The summed E-state index contributed by atoms with van der Waals surface area (Å²) in [5.74, 6) is -1.26. The average molecular weight is 319 g/mol. The van der Waals surface area contributed by atoms with Gasteiger partial charge in [0.2, 0.25) is 5.76 Å². The number of nitrogens with zero attached hydrogens (tertiary/aromatic N) is 1. The molecule has 8 heteroatoms. The van der Waals surface area contributed by atoms with Gasteiger partial charge in [0.1, 0.15) is 5.76 Å². The van der Waals surface area contributed by atoms with Crippen LogP contribution in [-0.4, -0.2) is 16.0 Å². The van der Waals surface area contributed by atoms with Crippen LogP contribution < -0.4 is 5.43 Å². The van der Waals surface area contributed by atoms with Crippen molar-refractivity contribution in [3.8, 4) is 11.3 Å². The first-order valence-electron chi connectivity index (χ1n) is 6.21. The Labute approximate surface area is 127 Å². The van der Waals surface area contributed by atoms with Crippen LogP contribution in [0.3, 0.4) is 0 Å². The second kappa shape index (κ2) is 4.99. The molecule has 2 aromatic rings. The van der Waals surface area contributed by atoms with E-state index in [0.29, 0.717) is 16.0 Å². The van der Waals surface area contributed by atoms with E-state index in [1.54, 1.807) is 0 Å². The smallest absolute Gasteiger partial charge is 0.372 e. The summed E-state index contributed by atoms with van der Waals surface area (Å²) in [6.07, 6.45) is 0. The van der Waals surface area contributed by atoms with Crippen LogP contribution in [0.4, 0.5) is 5.69 Å². The molecule has 112 valence electrons. The van der Waals surface area contributed by atoms with Crippen LogP contribution >= 0.6 is 11.8 Å². The number of rotatable bonds is 2. The van der Waals surface area contributed by atoms with E-state index in [4.69, 9.17) is 9.52 Å². The molecule has 1 aromatic heterocycles. The molecule has 0 aliphatic carbocycles. The average Bonchev–Trinajstić information content (AvgIpc) is 2.49. The minimum absolute atomic E-state index is 0.0530. The highest BCUT2D eigenvalue weighted by atomic mass is 32.2. The molecule has 22 heavy (non-hydrogen) atoms. The van der Waals surface area contributed by atoms with Crippen LogP contribution in [0.1, 0.15) is 21.7 Å². The quantitative estimate of drug-likeness (QED) is 0.669. The fourth-order valence-corrected chi connectivity index (χ4v) is 3.39. The number of benzene rings is 1. The van der Waals surface area contributed by atoms with E-state index >= 15 is 0 Å².